The Bertz CT molecular complexity index is 2140. The van der Waals surface area contributed by atoms with Crippen molar-refractivity contribution in [3.05, 3.63) is 127 Å². The van der Waals surface area contributed by atoms with Gasteiger partial charge < -0.3 is 0 Å². The van der Waals surface area contributed by atoms with Gasteiger partial charge in [0.05, 0.1) is 16.6 Å². The summed E-state index contributed by atoms with van der Waals surface area (Å²) >= 11 is 0. The van der Waals surface area contributed by atoms with E-state index in [9.17, 15) is 0 Å². The first-order valence-electron chi connectivity index (χ1n) is 12.5. The maximum Gasteiger partial charge on any atom is 0.165 e. The van der Waals surface area contributed by atoms with Gasteiger partial charge in [0.25, 0.3) is 0 Å². The van der Waals surface area contributed by atoms with Gasteiger partial charge in [-0.2, -0.15) is 0 Å². The molecule has 0 amide bonds. The van der Waals surface area contributed by atoms with Crippen molar-refractivity contribution in [2.45, 2.75) is 0 Å². The van der Waals surface area contributed by atoms with Crippen molar-refractivity contribution in [3.63, 3.8) is 0 Å². The first kappa shape index (κ1) is 20.2. The Hall–Kier alpha value is -5.02. The van der Waals surface area contributed by atoms with Gasteiger partial charge in [0.1, 0.15) is 5.52 Å². The van der Waals surface area contributed by atoms with Crippen molar-refractivity contribution in [1.82, 2.24) is 14.5 Å². The van der Waals surface area contributed by atoms with E-state index in [1.165, 1.54) is 32.7 Å². The number of aromatic nitrogens is 3. The van der Waals surface area contributed by atoms with Crippen molar-refractivity contribution < 1.29 is 0 Å². The quantitative estimate of drug-likeness (QED) is 0.236. The molecule has 0 aliphatic heterocycles. The van der Waals surface area contributed by atoms with E-state index in [-0.39, 0.29) is 0 Å². The fourth-order valence-corrected chi connectivity index (χ4v) is 5.66. The van der Waals surface area contributed by atoms with Crippen molar-refractivity contribution in [1.29, 1.82) is 0 Å². The molecule has 8 aromatic rings. The smallest absolute Gasteiger partial charge is 0.165 e. The van der Waals surface area contributed by atoms with E-state index in [4.69, 9.17) is 9.97 Å². The van der Waals surface area contributed by atoms with Gasteiger partial charge in [-0.25, -0.2) is 9.97 Å². The molecule has 0 radical (unpaired) electrons. The molecule has 3 heteroatoms. The highest BCUT2D eigenvalue weighted by molar-refractivity contribution is 6.13. The van der Waals surface area contributed by atoms with Crippen LogP contribution in [0.25, 0.3) is 71.5 Å². The number of fused-ring (bicyclic) bond motifs is 7. The summed E-state index contributed by atoms with van der Waals surface area (Å²) in [4.78, 5) is 10.1. The third kappa shape index (κ3) is 3.01. The lowest BCUT2D eigenvalue weighted by molar-refractivity contribution is 1.14. The molecular formula is C34H21N3. The molecule has 6 aromatic carbocycles. The minimum absolute atomic E-state index is 0.876. The van der Waals surface area contributed by atoms with E-state index in [2.05, 4.69) is 102 Å². The molecule has 0 bridgehead atoms. The van der Waals surface area contributed by atoms with E-state index in [0.29, 0.717) is 0 Å². The van der Waals surface area contributed by atoms with Gasteiger partial charge in [0.2, 0.25) is 0 Å². The number of hydrogen-bond acceptors (Lipinski definition) is 2. The zero-order valence-electron chi connectivity index (χ0n) is 20.0. The summed E-state index contributed by atoms with van der Waals surface area (Å²) in [6.45, 7) is 0. The summed E-state index contributed by atoms with van der Waals surface area (Å²) in [5.74, 6) is 0. The first-order chi connectivity index (χ1) is 18.3. The molecule has 0 saturated heterocycles. The van der Waals surface area contributed by atoms with E-state index in [1.807, 2.05) is 30.3 Å². The van der Waals surface area contributed by atoms with Crippen LogP contribution in [0.2, 0.25) is 0 Å². The summed E-state index contributed by atoms with van der Waals surface area (Å²) in [6, 6.07) is 44.9. The molecule has 0 unspecified atom stereocenters. The lowest BCUT2D eigenvalue weighted by Gasteiger charge is -2.11. The highest BCUT2D eigenvalue weighted by atomic mass is 15.1. The van der Waals surface area contributed by atoms with E-state index in [0.717, 1.165) is 38.8 Å². The summed E-state index contributed by atoms with van der Waals surface area (Å²) < 4.78 is 2.24. The Morgan fingerprint density at radius 3 is 2.11 bits per heavy atom. The SMILES string of the molecule is c1ccc(-n2c3cc(-c4cccc5c4ccc4ccccc45)ccc3c3nc4ccccc4nc32)cc1. The third-order valence-electron chi connectivity index (χ3n) is 7.37. The summed E-state index contributed by atoms with van der Waals surface area (Å²) in [6.07, 6.45) is 0. The van der Waals surface area contributed by atoms with Gasteiger partial charge in [0, 0.05) is 11.1 Å². The van der Waals surface area contributed by atoms with Crippen LogP contribution in [0, 0.1) is 0 Å². The van der Waals surface area contributed by atoms with Crippen molar-refractivity contribution in [2.24, 2.45) is 0 Å². The molecule has 0 saturated carbocycles. The zero-order chi connectivity index (χ0) is 24.3. The maximum absolute atomic E-state index is 5.08. The molecule has 0 fully saturated rings. The molecular weight excluding hydrogens is 450 g/mol. The van der Waals surface area contributed by atoms with Crippen LogP contribution in [-0.4, -0.2) is 14.5 Å². The van der Waals surface area contributed by atoms with E-state index >= 15 is 0 Å². The van der Waals surface area contributed by atoms with Crippen LogP contribution in [-0.2, 0) is 0 Å². The predicted octanol–water partition coefficient (Wildman–Crippen LogP) is 8.70. The molecule has 2 aromatic heterocycles. The summed E-state index contributed by atoms with van der Waals surface area (Å²) in [7, 11) is 0. The number of hydrogen-bond donors (Lipinski definition) is 0. The van der Waals surface area contributed by atoms with Gasteiger partial charge >= 0.3 is 0 Å². The average Bonchev–Trinajstić information content (AvgIpc) is 3.28. The van der Waals surface area contributed by atoms with Crippen LogP contribution in [0.1, 0.15) is 0 Å². The second-order valence-electron chi connectivity index (χ2n) is 9.47. The molecule has 3 nitrogen and oxygen atoms in total. The van der Waals surface area contributed by atoms with E-state index < -0.39 is 0 Å². The second kappa shape index (κ2) is 7.74. The van der Waals surface area contributed by atoms with Gasteiger partial charge in [-0.05, 0) is 69.1 Å². The van der Waals surface area contributed by atoms with Crippen molar-refractivity contribution >= 4 is 54.6 Å². The topological polar surface area (TPSA) is 30.7 Å². The molecule has 0 atom stereocenters. The lowest BCUT2D eigenvalue weighted by Crippen LogP contribution is -1.96. The van der Waals surface area contributed by atoms with Crippen LogP contribution >= 0.6 is 0 Å². The molecule has 0 aliphatic rings. The van der Waals surface area contributed by atoms with Gasteiger partial charge in [-0.1, -0.05) is 91.0 Å². The summed E-state index contributed by atoms with van der Waals surface area (Å²) in [5.41, 5.74) is 8.19. The monoisotopic (exact) mass is 471 g/mol. The average molecular weight is 472 g/mol. The standard InChI is InChI=1S/C34H21N3/c1-2-10-24(11-3-1)37-32-21-23(18-20-29(32)33-34(37)36-31-16-7-6-15-30(31)35-33)26-13-8-14-27-25-12-5-4-9-22(25)17-19-28(26)27/h1-21H. The molecule has 0 N–H and O–H groups in total. The van der Waals surface area contributed by atoms with Crippen molar-refractivity contribution in [3.8, 4) is 16.8 Å². The Kier molecular flexibility index (Phi) is 4.23. The minimum atomic E-state index is 0.876. The lowest BCUT2D eigenvalue weighted by atomic mass is 9.94. The van der Waals surface area contributed by atoms with Crippen LogP contribution < -0.4 is 0 Å². The molecule has 172 valence electrons. The van der Waals surface area contributed by atoms with Gasteiger partial charge in [-0.15, -0.1) is 0 Å². The maximum atomic E-state index is 5.08. The Labute approximate surface area is 213 Å². The Morgan fingerprint density at radius 2 is 1.22 bits per heavy atom. The predicted molar refractivity (Wildman–Crippen MR) is 154 cm³/mol. The van der Waals surface area contributed by atoms with Crippen LogP contribution in [0.4, 0.5) is 0 Å². The van der Waals surface area contributed by atoms with Crippen molar-refractivity contribution in [2.75, 3.05) is 0 Å². The molecule has 2 heterocycles. The third-order valence-corrected chi connectivity index (χ3v) is 7.37. The second-order valence-corrected chi connectivity index (χ2v) is 9.47. The number of rotatable bonds is 2. The highest BCUT2D eigenvalue weighted by Gasteiger charge is 2.17. The van der Waals surface area contributed by atoms with E-state index in [1.54, 1.807) is 0 Å². The largest absolute Gasteiger partial charge is 0.293 e. The number of para-hydroxylation sites is 3. The zero-order valence-corrected chi connectivity index (χ0v) is 20.0. The fourth-order valence-electron chi connectivity index (χ4n) is 5.66. The van der Waals surface area contributed by atoms with Gasteiger partial charge in [0.15, 0.2) is 5.65 Å². The minimum Gasteiger partial charge on any atom is -0.293 e. The number of nitrogens with zero attached hydrogens (tertiary/aromatic N) is 3. The Balaban J connectivity index is 1.46. The Morgan fingerprint density at radius 1 is 0.486 bits per heavy atom. The molecule has 8 rings (SSSR count). The molecule has 37 heavy (non-hydrogen) atoms. The van der Waals surface area contributed by atoms with Crippen LogP contribution in [0.5, 0.6) is 0 Å². The fraction of sp³-hybridized carbons (Fsp3) is 0. The molecule has 0 aliphatic carbocycles. The van der Waals surface area contributed by atoms with Gasteiger partial charge in [-0.3, -0.25) is 4.57 Å². The summed E-state index contributed by atoms with van der Waals surface area (Å²) in [5, 5.41) is 6.17. The number of benzene rings is 6. The van der Waals surface area contributed by atoms with Crippen LogP contribution in [0.3, 0.4) is 0 Å². The molecule has 0 spiro atoms. The normalized spacial score (nSPS) is 11.8. The highest BCUT2D eigenvalue weighted by Crippen LogP contribution is 2.37. The first-order valence-corrected chi connectivity index (χ1v) is 12.5. The van der Waals surface area contributed by atoms with Crippen LogP contribution in [0.15, 0.2) is 127 Å².